The summed E-state index contributed by atoms with van der Waals surface area (Å²) in [7, 11) is 1.47. The van der Waals surface area contributed by atoms with Crippen molar-refractivity contribution in [2.24, 2.45) is 0 Å². The second-order valence-corrected chi connectivity index (χ2v) is 8.45. The molecule has 0 unspecified atom stereocenters. The number of benzene rings is 3. The lowest BCUT2D eigenvalue weighted by Crippen LogP contribution is -2.53. The topological polar surface area (TPSA) is 103 Å². The Bertz CT molecular complexity index is 1320. The number of aromatic amines is 1. The summed E-state index contributed by atoms with van der Waals surface area (Å²) >= 11 is 0. The molecule has 2 atom stereocenters. The molecule has 0 bridgehead atoms. The lowest BCUT2D eigenvalue weighted by Gasteiger charge is -2.29. The van der Waals surface area contributed by atoms with Crippen LogP contribution in [0.15, 0.2) is 91.1 Å². The number of H-pyrrole nitrogens is 1. The minimum absolute atomic E-state index is 0.158. The average molecular weight is 470 g/mol. The molecule has 3 N–H and O–H groups in total. The molecule has 0 saturated heterocycles. The number of carboxylic acids is 1. The number of hydrogen-bond donors (Lipinski definition) is 3. The third-order valence-electron chi connectivity index (χ3n) is 6.11. The van der Waals surface area contributed by atoms with Gasteiger partial charge in [-0.3, -0.25) is 9.59 Å². The van der Waals surface area contributed by atoms with Gasteiger partial charge in [0, 0.05) is 42.6 Å². The van der Waals surface area contributed by atoms with Crippen molar-refractivity contribution in [1.29, 1.82) is 0 Å². The van der Waals surface area contributed by atoms with E-state index >= 15 is 0 Å². The molecule has 4 aromatic rings. The van der Waals surface area contributed by atoms with E-state index in [1.165, 1.54) is 11.9 Å². The van der Waals surface area contributed by atoms with Crippen molar-refractivity contribution in [2.45, 2.75) is 24.9 Å². The van der Waals surface area contributed by atoms with Crippen molar-refractivity contribution >= 4 is 28.7 Å². The number of amides is 2. The first-order valence-electron chi connectivity index (χ1n) is 11.4. The van der Waals surface area contributed by atoms with Gasteiger partial charge in [-0.25, -0.2) is 4.79 Å². The van der Waals surface area contributed by atoms with Crippen LogP contribution in [-0.4, -0.2) is 51.9 Å². The van der Waals surface area contributed by atoms with Crippen molar-refractivity contribution in [2.75, 3.05) is 7.05 Å². The van der Waals surface area contributed by atoms with Gasteiger partial charge in [-0.15, -0.1) is 0 Å². The molecule has 0 saturated carbocycles. The summed E-state index contributed by atoms with van der Waals surface area (Å²) in [5, 5.41) is 13.7. The highest BCUT2D eigenvalue weighted by Gasteiger charge is 2.33. The normalized spacial score (nSPS) is 12.6. The van der Waals surface area contributed by atoms with E-state index in [0.29, 0.717) is 5.56 Å². The molecule has 1 heterocycles. The van der Waals surface area contributed by atoms with Crippen LogP contribution in [0.1, 0.15) is 21.5 Å². The zero-order valence-electron chi connectivity index (χ0n) is 19.3. The zero-order chi connectivity index (χ0) is 24.8. The summed E-state index contributed by atoms with van der Waals surface area (Å²) in [6, 6.07) is 23.5. The minimum atomic E-state index is -1.11. The van der Waals surface area contributed by atoms with E-state index in [-0.39, 0.29) is 12.8 Å². The lowest BCUT2D eigenvalue weighted by atomic mass is 10.0. The Hall–Kier alpha value is -4.39. The predicted octanol–water partition coefficient (Wildman–Crippen LogP) is 3.66. The van der Waals surface area contributed by atoms with Gasteiger partial charge in [0.25, 0.3) is 5.91 Å². The summed E-state index contributed by atoms with van der Waals surface area (Å²) in [4.78, 5) is 43.1. The fourth-order valence-electron chi connectivity index (χ4n) is 4.18. The smallest absolute Gasteiger partial charge is 0.326 e. The van der Waals surface area contributed by atoms with E-state index in [9.17, 15) is 19.5 Å². The molecule has 7 nitrogen and oxygen atoms in total. The summed E-state index contributed by atoms with van der Waals surface area (Å²) in [5.74, 6) is -1.97. The highest BCUT2D eigenvalue weighted by atomic mass is 16.4. The number of hydrogen-bond acceptors (Lipinski definition) is 3. The highest BCUT2D eigenvalue weighted by molar-refractivity contribution is 5.98. The first-order valence-corrected chi connectivity index (χ1v) is 11.4. The summed E-state index contributed by atoms with van der Waals surface area (Å²) in [6.07, 6.45) is 2.19. The molecule has 4 rings (SSSR count). The van der Waals surface area contributed by atoms with E-state index in [0.717, 1.165) is 22.0 Å². The van der Waals surface area contributed by atoms with E-state index < -0.39 is 29.9 Å². The third-order valence-corrected chi connectivity index (χ3v) is 6.11. The Balaban J connectivity index is 1.62. The molecule has 0 aliphatic rings. The Labute approximate surface area is 203 Å². The number of carboxylic acid groups (broad SMARTS) is 1. The van der Waals surface area contributed by atoms with Crippen LogP contribution in [0.25, 0.3) is 10.9 Å². The third kappa shape index (κ3) is 5.58. The molecule has 0 aliphatic carbocycles. The number of nitrogens with one attached hydrogen (secondary N) is 2. The van der Waals surface area contributed by atoms with E-state index in [2.05, 4.69) is 10.3 Å². The quantitative estimate of drug-likeness (QED) is 0.348. The van der Waals surface area contributed by atoms with E-state index in [1.807, 2.05) is 60.8 Å². The monoisotopic (exact) mass is 469 g/mol. The van der Waals surface area contributed by atoms with Crippen LogP contribution in [0.5, 0.6) is 0 Å². The van der Waals surface area contributed by atoms with Gasteiger partial charge in [-0.05, 0) is 29.3 Å². The first kappa shape index (κ1) is 23.8. The van der Waals surface area contributed by atoms with Crippen LogP contribution < -0.4 is 5.32 Å². The molecule has 0 fully saturated rings. The Morgan fingerprint density at radius 1 is 0.886 bits per heavy atom. The molecule has 0 aliphatic heterocycles. The number of nitrogens with zero attached hydrogens (tertiary/aromatic N) is 1. The molecule has 0 radical (unpaired) electrons. The van der Waals surface area contributed by atoms with Gasteiger partial charge < -0.3 is 20.3 Å². The minimum Gasteiger partial charge on any atom is -0.480 e. The molecule has 7 heteroatoms. The highest BCUT2D eigenvalue weighted by Crippen LogP contribution is 2.20. The average Bonchev–Trinajstić information content (AvgIpc) is 3.29. The Morgan fingerprint density at radius 3 is 2.20 bits per heavy atom. The molecule has 1 aromatic heterocycles. The van der Waals surface area contributed by atoms with Gasteiger partial charge >= 0.3 is 5.97 Å². The zero-order valence-corrected chi connectivity index (χ0v) is 19.3. The van der Waals surface area contributed by atoms with Gasteiger partial charge in [-0.2, -0.15) is 0 Å². The molecule has 178 valence electrons. The van der Waals surface area contributed by atoms with Crippen LogP contribution in [0.3, 0.4) is 0 Å². The summed E-state index contributed by atoms with van der Waals surface area (Å²) in [5.41, 5.74) is 3.01. The lowest BCUT2D eigenvalue weighted by molar-refractivity contribution is -0.149. The van der Waals surface area contributed by atoms with Gasteiger partial charge in [0.05, 0.1) is 0 Å². The second-order valence-electron chi connectivity index (χ2n) is 8.45. The number of para-hydroxylation sites is 1. The van der Waals surface area contributed by atoms with Crippen LogP contribution in [0.4, 0.5) is 0 Å². The second kappa shape index (κ2) is 10.7. The van der Waals surface area contributed by atoms with Gasteiger partial charge in [0.1, 0.15) is 12.1 Å². The Morgan fingerprint density at radius 2 is 1.51 bits per heavy atom. The largest absolute Gasteiger partial charge is 0.480 e. The predicted molar refractivity (Wildman–Crippen MR) is 134 cm³/mol. The number of aliphatic carboxylic acids is 1. The molecule has 2 amide bonds. The number of rotatable bonds is 9. The van der Waals surface area contributed by atoms with Crippen LogP contribution in [0.2, 0.25) is 0 Å². The van der Waals surface area contributed by atoms with Crippen LogP contribution >= 0.6 is 0 Å². The first-order chi connectivity index (χ1) is 16.9. The van der Waals surface area contributed by atoms with E-state index in [1.54, 1.807) is 30.3 Å². The number of carbonyl (C=O) groups excluding carboxylic acids is 2. The van der Waals surface area contributed by atoms with Crippen molar-refractivity contribution in [1.82, 2.24) is 15.2 Å². The van der Waals surface area contributed by atoms with Gasteiger partial charge in [-0.1, -0.05) is 66.7 Å². The number of aromatic nitrogens is 1. The molecule has 0 spiro atoms. The SMILES string of the molecule is CN(C(=O)[C@H](Cc1c[nH]c2ccccc12)NC(=O)c1ccccc1)[C@H](Cc1ccccc1)C(=O)O. The molecular formula is C28H27N3O4. The van der Waals surface area contributed by atoms with Crippen molar-refractivity contribution in [3.8, 4) is 0 Å². The maximum atomic E-state index is 13.6. The van der Waals surface area contributed by atoms with Crippen LogP contribution in [0, 0.1) is 0 Å². The van der Waals surface area contributed by atoms with Gasteiger partial charge in [0.15, 0.2) is 0 Å². The number of carbonyl (C=O) groups is 3. The number of fused-ring (bicyclic) bond motifs is 1. The van der Waals surface area contributed by atoms with Crippen LogP contribution in [-0.2, 0) is 22.4 Å². The molecule has 3 aromatic carbocycles. The molecular weight excluding hydrogens is 442 g/mol. The van der Waals surface area contributed by atoms with Gasteiger partial charge in [0.2, 0.25) is 5.91 Å². The van der Waals surface area contributed by atoms with Crippen molar-refractivity contribution in [3.63, 3.8) is 0 Å². The number of likely N-dealkylation sites (N-methyl/N-ethyl adjacent to an activating group) is 1. The fraction of sp³-hybridized carbons (Fsp3) is 0.179. The standard InChI is InChI=1S/C28H27N3O4/c1-31(25(28(34)35)16-19-10-4-2-5-11-19)27(33)24(30-26(32)20-12-6-3-7-13-20)17-21-18-29-23-15-9-8-14-22(21)23/h2-15,18,24-25,29H,16-17H2,1H3,(H,30,32)(H,34,35)/t24-,25+/m0/s1. The summed E-state index contributed by atoms with van der Waals surface area (Å²) in [6.45, 7) is 0. The fourth-order valence-corrected chi connectivity index (χ4v) is 4.18. The summed E-state index contributed by atoms with van der Waals surface area (Å²) < 4.78 is 0. The van der Waals surface area contributed by atoms with Crippen molar-refractivity contribution < 1.29 is 19.5 Å². The Kier molecular flexibility index (Phi) is 7.26. The maximum Gasteiger partial charge on any atom is 0.326 e. The van der Waals surface area contributed by atoms with E-state index in [4.69, 9.17) is 0 Å². The molecule has 35 heavy (non-hydrogen) atoms. The maximum absolute atomic E-state index is 13.6. The van der Waals surface area contributed by atoms with Crippen molar-refractivity contribution in [3.05, 3.63) is 108 Å².